The van der Waals surface area contributed by atoms with E-state index in [1.54, 1.807) is 11.0 Å². The van der Waals surface area contributed by atoms with Gasteiger partial charge in [0.1, 0.15) is 0 Å². The summed E-state index contributed by atoms with van der Waals surface area (Å²) in [6, 6.07) is 3.02. The van der Waals surface area contributed by atoms with Crippen molar-refractivity contribution < 1.29 is 14.3 Å². The van der Waals surface area contributed by atoms with Crippen LogP contribution in [0.2, 0.25) is 0 Å². The lowest BCUT2D eigenvalue weighted by molar-refractivity contribution is -0.128. The van der Waals surface area contributed by atoms with Gasteiger partial charge in [-0.05, 0) is 26.0 Å². The Morgan fingerprint density at radius 3 is 2.55 bits per heavy atom. The van der Waals surface area contributed by atoms with Gasteiger partial charge in [-0.15, -0.1) is 0 Å². The number of ether oxygens (including phenoxy) is 1. The number of nitrogens with one attached hydrogen (secondary N) is 1. The molecule has 0 saturated heterocycles. The van der Waals surface area contributed by atoms with Crippen molar-refractivity contribution in [2.24, 2.45) is 0 Å². The van der Waals surface area contributed by atoms with Crippen LogP contribution in [0.3, 0.4) is 0 Å². The molecule has 0 aromatic carbocycles. The van der Waals surface area contributed by atoms with Gasteiger partial charge in [-0.2, -0.15) is 0 Å². The molecule has 20 heavy (non-hydrogen) atoms. The largest absolute Gasteiger partial charge is 0.464 e. The highest BCUT2D eigenvalue weighted by molar-refractivity contribution is 5.89. The Morgan fingerprint density at radius 2 is 2.00 bits per heavy atom. The second-order valence-electron chi connectivity index (χ2n) is 4.05. The number of methoxy groups -OCH3 is 1. The molecule has 0 fully saturated rings. The van der Waals surface area contributed by atoms with Crippen LogP contribution in [-0.4, -0.2) is 48.5 Å². The number of nitrogens with zero attached hydrogens (tertiary/aromatic N) is 2. The maximum absolute atomic E-state index is 11.9. The summed E-state index contributed by atoms with van der Waals surface area (Å²) in [4.78, 5) is 29.0. The molecular formula is C13H20N4O3. The summed E-state index contributed by atoms with van der Waals surface area (Å²) in [6.07, 6.45) is 0. The molecule has 1 heterocycles. The van der Waals surface area contributed by atoms with Gasteiger partial charge in [0.25, 0.3) is 0 Å². The monoisotopic (exact) mass is 280 g/mol. The number of esters is 1. The molecule has 1 rings (SSSR count). The molecule has 1 aromatic rings. The third kappa shape index (κ3) is 3.84. The van der Waals surface area contributed by atoms with Gasteiger partial charge in [-0.1, -0.05) is 0 Å². The van der Waals surface area contributed by atoms with E-state index in [0.29, 0.717) is 24.6 Å². The van der Waals surface area contributed by atoms with Crippen molar-refractivity contribution in [1.82, 2.24) is 9.88 Å². The lowest BCUT2D eigenvalue weighted by Crippen LogP contribution is -2.35. The number of carbonyl (C=O) groups is 2. The third-order valence-electron chi connectivity index (χ3n) is 2.84. The fourth-order valence-electron chi connectivity index (χ4n) is 1.68. The van der Waals surface area contributed by atoms with Crippen LogP contribution in [0.5, 0.6) is 0 Å². The summed E-state index contributed by atoms with van der Waals surface area (Å²) in [6.45, 7) is 5.17. The second kappa shape index (κ2) is 7.32. The molecule has 0 saturated carbocycles. The predicted octanol–water partition coefficient (Wildman–Crippen LogP) is 0.731. The van der Waals surface area contributed by atoms with Crippen LogP contribution in [0.25, 0.3) is 0 Å². The summed E-state index contributed by atoms with van der Waals surface area (Å²) in [7, 11) is 1.28. The number of carbonyl (C=O) groups excluding carboxylic acids is 2. The molecule has 7 heteroatoms. The van der Waals surface area contributed by atoms with Crippen LogP contribution in [0.4, 0.5) is 11.5 Å². The Morgan fingerprint density at radius 1 is 1.35 bits per heavy atom. The maximum atomic E-state index is 11.9. The summed E-state index contributed by atoms with van der Waals surface area (Å²) in [5.74, 6) is -0.309. The maximum Gasteiger partial charge on any atom is 0.356 e. The average molecular weight is 280 g/mol. The van der Waals surface area contributed by atoms with Crippen molar-refractivity contribution in [3.05, 3.63) is 17.8 Å². The van der Waals surface area contributed by atoms with Crippen molar-refractivity contribution in [2.75, 3.05) is 37.8 Å². The van der Waals surface area contributed by atoms with Crippen LogP contribution in [0.1, 0.15) is 24.3 Å². The van der Waals surface area contributed by atoms with Gasteiger partial charge in [0.2, 0.25) is 5.91 Å². The van der Waals surface area contributed by atoms with E-state index in [2.05, 4.69) is 15.0 Å². The Balaban J connectivity index is 2.77. The Hall–Kier alpha value is -2.31. The predicted molar refractivity (Wildman–Crippen MR) is 76.4 cm³/mol. The molecule has 0 unspecified atom stereocenters. The first-order valence-corrected chi connectivity index (χ1v) is 6.39. The number of nitrogen functional groups attached to an aromatic ring is 1. The standard InChI is InChI=1S/C13H20N4O3/c1-4-17(5-2)11(18)8-15-12-9(14)6-7-10(16-12)13(19)20-3/h6-7H,4-5,8,14H2,1-3H3,(H,15,16). The molecule has 0 aliphatic carbocycles. The van der Waals surface area contributed by atoms with E-state index in [-0.39, 0.29) is 18.1 Å². The first-order valence-electron chi connectivity index (χ1n) is 6.39. The molecule has 0 bridgehead atoms. The fraction of sp³-hybridized carbons (Fsp3) is 0.462. The van der Waals surface area contributed by atoms with E-state index in [9.17, 15) is 9.59 Å². The van der Waals surface area contributed by atoms with E-state index >= 15 is 0 Å². The number of hydrogen-bond acceptors (Lipinski definition) is 6. The van der Waals surface area contributed by atoms with Crippen LogP contribution in [-0.2, 0) is 9.53 Å². The number of nitrogens with two attached hydrogens (primary N) is 1. The zero-order valence-electron chi connectivity index (χ0n) is 12.0. The first-order chi connectivity index (χ1) is 9.53. The third-order valence-corrected chi connectivity index (χ3v) is 2.84. The summed E-state index contributed by atoms with van der Waals surface area (Å²) in [5, 5.41) is 2.85. The van der Waals surface area contributed by atoms with E-state index in [0.717, 1.165) is 0 Å². The highest BCUT2D eigenvalue weighted by Crippen LogP contribution is 2.16. The van der Waals surface area contributed by atoms with E-state index in [1.165, 1.54) is 13.2 Å². The van der Waals surface area contributed by atoms with Gasteiger partial charge in [0.05, 0.1) is 19.3 Å². The zero-order valence-corrected chi connectivity index (χ0v) is 12.0. The van der Waals surface area contributed by atoms with Gasteiger partial charge in [0.15, 0.2) is 11.5 Å². The number of amides is 1. The number of hydrogen-bond donors (Lipinski definition) is 2. The van der Waals surface area contributed by atoms with Gasteiger partial charge < -0.3 is 20.7 Å². The first kappa shape index (κ1) is 15.7. The highest BCUT2D eigenvalue weighted by atomic mass is 16.5. The van der Waals surface area contributed by atoms with Crippen molar-refractivity contribution in [1.29, 1.82) is 0 Å². The molecule has 7 nitrogen and oxygen atoms in total. The highest BCUT2D eigenvalue weighted by Gasteiger charge is 2.13. The fourth-order valence-corrected chi connectivity index (χ4v) is 1.68. The minimum Gasteiger partial charge on any atom is -0.464 e. The molecule has 0 atom stereocenters. The number of likely N-dealkylation sites (N-methyl/N-ethyl adjacent to an activating group) is 1. The molecule has 3 N–H and O–H groups in total. The Kier molecular flexibility index (Phi) is 5.76. The Labute approximate surface area is 118 Å². The van der Waals surface area contributed by atoms with Crippen molar-refractivity contribution in [3.8, 4) is 0 Å². The lowest BCUT2D eigenvalue weighted by atomic mass is 10.3. The summed E-state index contributed by atoms with van der Waals surface area (Å²) >= 11 is 0. The summed E-state index contributed by atoms with van der Waals surface area (Å²) in [5.41, 5.74) is 6.26. The van der Waals surface area contributed by atoms with Gasteiger partial charge in [-0.3, -0.25) is 4.79 Å². The Bertz CT molecular complexity index is 487. The van der Waals surface area contributed by atoms with Crippen LogP contribution in [0, 0.1) is 0 Å². The van der Waals surface area contributed by atoms with Crippen LogP contribution < -0.4 is 11.1 Å². The second-order valence-corrected chi connectivity index (χ2v) is 4.05. The molecule has 0 aliphatic heterocycles. The quantitative estimate of drug-likeness (QED) is 0.746. The zero-order chi connectivity index (χ0) is 15.1. The number of anilines is 2. The van der Waals surface area contributed by atoms with Crippen LogP contribution in [0.15, 0.2) is 12.1 Å². The molecule has 0 spiro atoms. The van der Waals surface area contributed by atoms with Gasteiger partial charge >= 0.3 is 5.97 Å². The average Bonchev–Trinajstić information content (AvgIpc) is 2.46. The van der Waals surface area contributed by atoms with E-state index < -0.39 is 5.97 Å². The van der Waals surface area contributed by atoms with E-state index in [4.69, 9.17) is 5.73 Å². The van der Waals surface area contributed by atoms with Crippen molar-refractivity contribution in [2.45, 2.75) is 13.8 Å². The smallest absolute Gasteiger partial charge is 0.356 e. The van der Waals surface area contributed by atoms with Crippen molar-refractivity contribution in [3.63, 3.8) is 0 Å². The number of rotatable bonds is 6. The minimum atomic E-state index is -0.553. The van der Waals surface area contributed by atoms with Crippen LogP contribution >= 0.6 is 0 Å². The SMILES string of the molecule is CCN(CC)C(=O)CNc1nc(C(=O)OC)ccc1N. The molecule has 0 aliphatic rings. The minimum absolute atomic E-state index is 0.0559. The normalized spacial score (nSPS) is 9.95. The van der Waals surface area contributed by atoms with Gasteiger partial charge in [-0.25, -0.2) is 9.78 Å². The molecule has 110 valence electrons. The molecule has 0 radical (unpaired) electrons. The van der Waals surface area contributed by atoms with Gasteiger partial charge in [0, 0.05) is 13.1 Å². The number of pyridine rings is 1. The molecular weight excluding hydrogens is 260 g/mol. The van der Waals surface area contributed by atoms with Crippen molar-refractivity contribution >= 4 is 23.4 Å². The lowest BCUT2D eigenvalue weighted by Gasteiger charge is -2.19. The number of aromatic nitrogens is 1. The molecule has 1 aromatic heterocycles. The topological polar surface area (TPSA) is 97.5 Å². The molecule has 1 amide bonds. The van der Waals surface area contributed by atoms with E-state index in [1.807, 2.05) is 13.8 Å². The summed E-state index contributed by atoms with van der Waals surface area (Å²) < 4.78 is 4.58.